The summed E-state index contributed by atoms with van der Waals surface area (Å²) in [4.78, 5) is 29.2. The van der Waals surface area contributed by atoms with Gasteiger partial charge in [-0.2, -0.15) is 5.10 Å². The van der Waals surface area contributed by atoms with Crippen LogP contribution in [0.5, 0.6) is 0 Å². The number of aryl methyl sites for hydroxylation is 1. The van der Waals surface area contributed by atoms with Crippen molar-refractivity contribution in [2.45, 2.75) is 20.4 Å². The summed E-state index contributed by atoms with van der Waals surface area (Å²) in [6.45, 7) is 3.45. The highest BCUT2D eigenvalue weighted by Crippen LogP contribution is 2.28. The molecule has 0 saturated heterocycles. The lowest BCUT2D eigenvalue weighted by atomic mass is 10.0. The zero-order valence-corrected chi connectivity index (χ0v) is 15.4. The number of hydrogen-bond donors (Lipinski definition) is 1. The summed E-state index contributed by atoms with van der Waals surface area (Å²) >= 11 is 5.82. The first-order valence-electron chi connectivity index (χ1n) is 8.21. The van der Waals surface area contributed by atoms with E-state index < -0.39 is 11.4 Å². The number of rotatable bonds is 5. The minimum absolute atomic E-state index is 0.0637. The lowest BCUT2D eigenvalue weighted by molar-refractivity contribution is 0.101. The number of halogens is 2. The molecule has 0 atom stereocenters. The van der Waals surface area contributed by atoms with E-state index in [0.29, 0.717) is 23.5 Å². The van der Waals surface area contributed by atoms with Gasteiger partial charge < -0.3 is 5.32 Å². The Kier molecular flexibility index (Phi) is 5.32. The smallest absolute Gasteiger partial charge is 0.291 e. The maximum atomic E-state index is 13.4. The van der Waals surface area contributed by atoms with E-state index >= 15 is 0 Å². The van der Waals surface area contributed by atoms with Crippen molar-refractivity contribution < 1.29 is 9.18 Å². The predicted octanol–water partition coefficient (Wildman–Crippen LogP) is 4.06. The molecule has 0 fully saturated rings. The van der Waals surface area contributed by atoms with Crippen molar-refractivity contribution in [3.63, 3.8) is 0 Å². The number of carbonyl (C=O) groups excluding carboxylic acids is 1. The van der Waals surface area contributed by atoms with Gasteiger partial charge in [-0.3, -0.25) is 14.6 Å². The summed E-state index contributed by atoms with van der Waals surface area (Å²) in [7, 11) is 0. The summed E-state index contributed by atoms with van der Waals surface area (Å²) in [6.07, 6.45) is 3.16. The Labute approximate surface area is 159 Å². The molecule has 138 valence electrons. The van der Waals surface area contributed by atoms with Crippen molar-refractivity contribution >= 4 is 28.8 Å². The van der Waals surface area contributed by atoms with E-state index in [4.69, 9.17) is 11.6 Å². The molecule has 0 bridgehead atoms. The second kappa shape index (κ2) is 7.67. The third-order valence-electron chi connectivity index (χ3n) is 3.95. The molecule has 0 aliphatic rings. The van der Waals surface area contributed by atoms with Crippen LogP contribution in [-0.2, 0) is 6.54 Å². The maximum absolute atomic E-state index is 13.4. The number of nitrogens with one attached hydrogen (secondary N) is 1. The molecule has 6 nitrogen and oxygen atoms in total. The van der Waals surface area contributed by atoms with Crippen molar-refractivity contribution in [2.24, 2.45) is 0 Å². The molecule has 0 aliphatic heterocycles. The van der Waals surface area contributed by atoms with E-state index in [2.05, 4.69) is 15.4 Å². The van der Waals surface area contributed by atoms with Gasteiger partial charge in [-0.05, 0) is 44.2 Å². The Balaban J connectivity index is 2.26. The van der Waals surface area contributed by atoms with Crippen LogP contribution in [0.3, 0.4) is 0 Å². The summed E-state index contributed by atoms with van der Waals surface area (Å²) in [5.41, 5.74) is 1.15. The summed E-state index contributed by atoms with van der Waals surface area (Å²) < 4.78 is 14.7. The minimum atomic E-state index is -0.577. The number of benzene rings is 1. The first kappa shape index (κ1) is 18.7. The number of anilines is 2. The van der Waals surface area contributed by atoms with Crippen LogP contribution in [0.1, 0.15) is 24.2 Å². The van der Waals surface area contributed by atoms with Gasteiger partial charge in [0.1, 0.15) is 17.2 Å². The van der Waals surface area contributed by atoms with E-state index in [1.807, 2.05) is 0 Å². The monoisotopic (exact) mass is 386 g/mol. The molecule has 0 radical (unpaired) electrons. The number of pyridine rings is 1. The summed E-state index contributed by atoms with van der Waals surface area (Å²) in [6, 6.07) is 7.38. The topological polar surface area (TPSA) is 76.9 Å². The number of carbonyl (C=O) groups is 1. The van der Waals surface area contributed by atoms with E-state index in [-0.39, 0.29) is 22.1 Å². The highest BCUT2D eigenvalue weighted by Gasteiger charge is 2.22. The molecule has 2 aromatic heterocycles. The zero-order valence-electron chi connectivity index (χ0n) is 14.7. The molecule has 8 heteroatoms. The second-order valence-corrected chi connectivity index (χ2v) is 6.17. The fraction of sp³-hybridized carbons (Fsp3) is 0.158. The van der Waals surface area contributed by atoms with Crippen LogP contribution in [0.2, 0.25) is 5.02 Å². The van der Waals surface area contributed by atoms with E-state index in [1.165, 1.54) is 29.8 Å². The number of ketones is 1. The van der Waals surface area contributed by atoms with Crippen molar-refractivity contribution in [1.29, 1.82) is 0 Å². The van der Waals surface area contributed by atoms with Crippen LogP contribution < -0.4 is 10.9 Å². The number of aromatic nitrogens is 3. The molecule has 0 spiro atoms. The maximum Gasteiger partial charge on any atom is 0.291 e. The quantitative estimate of drug-likeness (QED) is 0.669. The van der Waals surface area contributed by atoms with Gasteiger partial charge in [0.25, 0.3) is 5.56 Å². The van der Waals surface area contributed by atoms with Gasteiger partial charge in [-0.15, -0.1) is 0 Å². The zero-order chi connectivity index (χ0) is 19.6. The fourth-order valence-electron chi connectivity index (χ4n) is 2.67. The van der Waals surface area contributed by atoms with Crippen molar-refractivity contribution in [1.82, 2.24) is 14.8 Å². The molecule has 2 heterocycles. The van der Waals surface area contributed by atoms with Crippen LogP contribution in [0.4, 0.5) is 15.8 Å². The lowest BCUT2D eigenvalue weighted by Gasteiger charge is -2.16. The SMILES string of the molecule is CCn1nc(-c2ccncc2)c(C(C)=O)c(Nc2ccc(F)c(Cl)c2)c1=O. The Morgan fingerprint density at radius 1 is 1.26 bits per heavy atom. The van der Waals surface area contributed by atoms with Gasteiger partial charge in [-0.1, -0.05) is 11.6 Å². The fourth-order valence-corrected chi connectivity index (χ4v) is 2.85. The van der Waals surface area contributed by atoms with Crippen LogP contribution in [-0.4, -0.2) is 20.5 Å². The predicted molar refractivity (Wildman–Crippen MR) is 102 cm³/mol. The third-order valence-corrected chi connectivity index (χ3v) is 4.24. The first-order chi connectivity index (χ1) is 12.9. The van der Waals surface area contributed by atoms with Crippen molar-refractivity contribution in [3.05, 3.63) is 69.5 Å². The molecular formula is C19H16ClFN4O2. The first-order valence-corrected chi connectivity index (χ1v) is 8.58. The van der Waals surface area contributed by atoms with Crippen LogP contribution in [0.15, 0.2) is 47.5 Å². The number of nitrogens with zero attached hydrogens (tertiary/aromatic N) is 3. The van der Waals surface area contributed by atoms with Crippen LogP contribution in [0.25, 0.3) is 11.3 Å². The summed E-state index contributed by atoms with van der Waals surface area (Å²) in [5.74, 6) is -0.905. The van der Waals surface area contributed by atoms with Crippen molar-refractivity contribution in [2.75, 3.05) is 5.32 Å². The van der Waals surface area contributed by atoms with Crippen LogP contribution in [0, 0.1) is 5.82 Å². The molecule has 1 N–H and O–H groups in total. The average Bonchev–Trinajstić information content (AvgIpc) is 2.66. The Hall–Kier alpha value is -3.06. The molecule has 27 heavy (non-hydrogen) atoms. The van der Waals surface area contributed by atoms with Gasteiger partial charge in [-0.25, -0.2) is 9.07 Å². The largest absolute Gasteiger partial charge is 0.350 e. The van der Waals surface area contributed by atoms with E-state index in [9.17, 15) is 14.0 Å². The Morgan fingerprint density at radius 3 is 2.56 bits per heavy atom. The average molecular weight is 387 g/mol. The number of Topliss-reactive ketones (excluding diaryl/α,β-unsaturated/α-hetero) is 1. The lowest BCUT2D eigenvalue weighted by Crippen LogP contribution is -2.28. The number of hydrogen-bond acceptors (Lipinski definition) is 5. The van der Waals surface area contributed by atoms with Gasteiger partial charge in [0, 0.05) is 30.2 Å². The van der Waals surface area contributed by atoms with E-state index in [0.717, 1.165) is 0 Å². The molecule has 3 aromatic rings. The molecule has 0 unspecified atom stereocenters. The molecule has 0 aliphatic carbocycles. The summed E-state index contributed by atoms with van der Waals surface area (Å²) in [5, 5.41) is 7.17. The molecule has 0 amide bonds. The second-order valence-electron chi connectivity index (χ2n) is 5.77. The Bertz CT molecular complexity index is 1070. The van der Waals surface area contributed by atoms with Crippen molar-refractivity contribution in [3.8, 4) is 11.3 Å². The van der Waals surface area contributed by atoms with Crippen LogP contribution >= 0.6 is 11.6 Å². The normalized spacial score (nSPS) is 10.7. The highest BCUT2D eigenvalue weighted by molar-refractivity contribution is 6.31. The highest BCUT2D eigenvalue weighted by atomic mass is 35.5. The Morgan fingerprint density at radius 2 is 1.96 bits per heavy atom. The van der Waals surface area contributed by atoms with Gasteiger partial charge >= 0.3 is 0 Å². The third kappa shape index (κ3) is 3.73. The minimum Gasteiger partial charge on any atom is -0.350 e. The standard InChI is InChI=1S/C19H16ClFN4O2/c1-3-25-19(27)18(23-13-4-5-15(21)14(20)10-13)16(11(2)26)17(24-25)12-6-8-22-9-7-12/h4-10,23H,3H2,1-2H3. The van der Waals surface area contributed by atoms with E-state index in [1.54, 1.807) is 31.5 Å². The molecule has 0 saturated carbocycles. The molecular weight excluding hydrogens is 371 g/mol. The van der Waals surface area contributed by atoms with Gasteiger partial charge in [0.2, 0.25) is 0 Å². The molecule has 3 rings (SSSR count). The van der Waals surface area contributed by atoms with Gasteiger partial charge in [0.05, 0.1) is 10.6 Å². The molecule has 1 aromatic carbocycles. The van der Waals surface area contributed by atoms with Gasteiger partial charge in [0.15, 0.2) is 5.78 Å².